The first kappa shape index (κ1) is 15.0. The number of aliphatic carboxylic acids is 1. The predicted octanol–water partition coefficient (Wildman–Crippen LogP) is 2.05. The summed E-state index contributed by atoms with van der Waals surface area (Å²) in [6.45, 7) is 9.78. The van der Waals surface area contributed by atoms with Crippen molar-refractivity contribution in [3.63, 3.8) is 0 Å². The van der Waals surface area contributed by atoms with Crippen molar-refractivity contribution in [2.75, 3.05) is 13.1 Å². The molecule has 20 heavy (non-hydrogen) atoms. The number of nitrogens with zero attached hydrogens (tertiary/aromatic N) is 3. The maximum Gasteiger partial charge on any atom is 0.310 e. The van der Waals surface area contributed by atoms with Gasteiger partial charge < -0.3 is 9.52 Å². The molecule has 6 heteroatoms. The van der Waals surface area contributed by atoms with Crippen LogP contribution in [-0.2, 0) is 16.8 Å². The fraction of sp³-hybridized carbons (Fsp3) is 0.786. The number of aromatic nitrogens is 2. The lowest BCUT2D eigenvalue weighted by Gasteiger charge is -2.36. The van der Waals surface area contributed by atoms with E-state index in [1.54, 1.807) is 6.92 Å². The normalized spacial score (nSPS) is 24.8. The van der Waals surface area contributed by atoms with Crippen LogP contribution < -0.4 is 0 Å². The van der Waals surface area contributed by atoms with E-state index in [0.717, 1.165) is 19.4 Å². The van der Waals surface area contributed by atoms with Gasteiger partial charge >= 0.3 is 5.97 Å². The summed E-state index contributed by atoms with van der Waals surface area (Å²) in [4.78, 5) is 13.4. The second-order valence-corrected chi connectivity index (χ2v) is 6.93. The van der Waals surface area contributed by atoms with Gasteiger partial charge in [-0.3, -0.25) is 9.69 Å². The highest BCUT2D eigenvalue weighted by molar-refractivity contribution is 5.74. The van der Waals surface area contributed by atoms with Gasteiger partial charge in [0.2, 0.25) is 11.8 Å². The molecule has 0 bridgehead atoms. The third-order valence-corrected chi connectivity index (χ3v) is 3.76. The van der Waals surface area contributed by atoms with E-state index in [1.165, 1.54) is 0 Å². The standard InChI is InChI=1S/C14H23N3O3/c1-13(2,3)11-16-15-10(20-11)8-17-7-5-6-14(4,9-17)12(18)19/h5-9H2,1-4H3,(H,18,19). The van der Waals surface area contributed by atoms with Gasteiger partial charge in [-0.2, -0.15) is 0 Å². The van der Waals surface area contributed by atoms with Crippen molar-refractivity contribution in [1.29, 1.82) is 0 Å². The Balaban J connectivity index is 2.03. The smallest absolute Gasteiger partial charge is 0.310 e. The van der Waals surface area contributed by atoms with Crippen molar-refractivity contribution in [3.8, 4) is 0 Å². The Morgan fingerprint density at radius 1 is 1.45 bits per heavy atom. The lowest BCUT2D eigenvalue weighted by atomic mass is 9.82. The molecule has 6 nitrogen and oxygen atoms in total. The highest BCUT2D eigenvalue weighted by atomic mass is 16.4. The van der Waals surface area contributed by atoms with Crippen LogP contribution in [0.4, 0.5) is 0 Å². The minimum absolute atomic E-state index is 0.164. The van der Waals surface area contributed by atoms with Crippen molar-refractivity contribution in [2.24, 2.45) is 5.41 Å². The number of rotatable bonds is 3. The Morgan fingerprint density at radius 2 is 2.15 bits per heavy atom. The van der Waals surface area contributed by atoms with Gasteiger partial charge in [0.1, 0.15) is 0 Å². The number of piperidine rings is 1. The summed E-state index contributed by atoms with van der Waals surface area (Å²) in [5.41, 5.74) is -0.839. The Bertz CT molecular complexity index is 492. The van der Waals surface area contributed by atoms with E-state index in [9.17, 15) is 9.90 Å². The lowest BCUT2D eigenvalue weighted by Crippen LogP contribution is -2.45. The molecular weight excluding hydrogens is 258 g/mol. The highest BCUT2D eigenvalue weighted by Gasteiger charge is 2.38. The van der Waals surface area contributed by atoms with Gasteiger partial charge in [0.05, 0.1) is 12.0 Å². The maximum absolute atomic E-state index is 11.3. The van der Waals surface area contributed by atoms with Crippen LogP contribution in [0.25, 0.3) is 0 Å². The average Bonchev–Trinajstić information content (AvgIpc) is 2.77. The molecule has 1 aromatic heterocycles. The van der Waals surface area contributed by atoms with Crippen LogP contribution in [0, 0.1) is 5.41 Å². The van der Waals surface area contributed by atoms with E-state index < -0.39 is 11.4 Å². The SMILES string of the molecule is CC1(C(=O)O)CCCN(Cc2nnc(C(C)(C)C)o2)C1. The fourth-order valence-corrected chi connectivity index (χ4v) is 2.47. The van der Waals surface area contributed by atoms with Crippen molar-refractivity contribution in [2.45, 2.75) is 52.5 Å². The van der Waals surface area contributed by atoms with E-state index in [-0.39, 0.29) is 5.41 Å². The van der Waals surface area contributed by atoms with Crippen LogP contribution in [-0.4, -0.2) is 39.3 Å². The summed E-state index contributed by atoms with van der Waals surface area (Å²) in [6.07, 6.45) is 1.60. The zero-order chi connectivity index (χ0) is 15.0. The Hall–Kier alpha value is -1.43. The molecule has 1 unspecified atom stereocenters. The van der Waals surface area contributed by atoms with Gasteiger partial charge in [-0.15, -0.1) is 10.2 Å². The quantitative estimate of drug-likeness (QED) is 0.913. The summed E-state index contributed by atoms with van der Waals surface area (Å²) in [7, 11) is 0. The van der Waals surface area contributed by atoms with Crippen LogP contribution >= 0.6 is 0 Å². The summed E-state index contributed by atoms with van der Waals surface area (Å²) >= 11 is 0. The molecule has 2 heterocycles. The van der Waals surface area contributed by atoms with Crippen LogP contribution in [0.15, 0.2) is 4.42 Å². The number of carboxylic acid groups (broad SMARTS) is 1. The summed E-state index contributed by atoms with van der Waals surface area (Å²) in [5, 5.41) is 17.4. The number of carbonyl (C=O) groups is 1. The van der Waals surface area contributed by atoms with Crippen LogP contribution in [0.1, 0.15) is 52.3 Å². The first-order valence-electron chi connectivity index (χ1n) is 6.99. The molecule has 0 radical (unpaired) electrons. The zero-order valence-corrected chi connectivity index (χ0v) is 12.6. The molecular formula is C14H23N3O3. The molecule has 0 aromatic carbocycles. The third-order valence-electron chi connectivity index (χ3n) is 3.76. The molecule has 1 saturated heterocycles. The van der Waals surface area contributed by atoms with Crippen molar-refractivity contribution in [3.05, 3.63) is 11.8 Å². The second kappa shape index (κ2) is 5.16. The Kier molecular flexibility index (Phi) is 3.86. The third kappa shape index (κ3) is 3.17. The van der Waals surface area contributed by atoms with E-state index in [4.69, 9.17) is 4.42 Å². The average molecular weight is 281 g/mol. The molecule has 1 aliphatic rings. The van der Waals surface area contributed by atoms with Crippen LogP contribution in [0.2, 0.25) is 0 Å². The van der Waals surface area contributed by atoms with E-state index in [0.29, 0.717) is 24.9 Å². The summed E-state index contributed by atoms with van der Waals surface area (Å²) < 4.78 is 5.67. The Morgan fingerprint density at radius 3 is 2.70 bits per heavy atom. The number of carboxylic acids is 1. The molecule has 0 spiro atoms. The van der Waals surface area contributed by atoms with E-state index in [1.807, 2.05) is 20.8 Å². The van der Waals surface area contributed by atoms with Gasteiger partial charge in [0.25, 0.3) is 0 Å². The molecule has 112 valence electrons. The monoisotopic (exact) mass is 281 g/mol. The van der Waals surface area contributed by atoms with Gasteiger partial charge in [-0.1, -0.05) is 20.8 Å². The molecule has 1 aromatic rings. The number of hydrogen-bond donors (Lipinski definition) is 1. The molecule has 2 rings (SSSR count). The second-order valence-electron chi connectivity index (χ2n) is 6.93. The maximum atomic E-state index is 11.3. The fourth-order valence-electron chi connectivity index (χ4n) is 2.47. The topological polar surface area (TPSA) is 79.5 Å². The summed E-state index contributed by atoms with van der Waals surface area (Å²) in [5.74, 6) is 0.443. The minimum Gasteiger partial charge on any atom is -0.481 e. The van der Waals surface area contributed by atoms with E-state index >= 15 is 0 Å². The minimum atomic E-state index is -0.733. The molecule has 1 atom stereocenters. The number of hydrogen-bond acceptors (Lipinski definition) is 5. The number of likely N-dealkylation sites (tertiary alicyclic amines) is 1. The zero-order valence-electron chi connectivity index (χ0n) is 12.6. The van der Waals surface area contributed by atoms with Gasteiger partial charge in [0.15, 0.2) is 0 Å². The molecule has 0 saturated carbocycles. The molecule has 0 aliphatic carbocycles. The predicted molar refractivity (Wildman–Crippen MR) is 73.3 cm³/mol. The van der Waals surface area contributed by atoms with E-state index in [2.05, 4.69) is 15.1 Å². The van der Waals surface area contributed by atoms with Crippen LogP contribution in [0.5, 0.6) is 0 Å². The van der Waals surface area contributed by atoms with Crippen molar-refractivity contribution >= 4 is 5.97 Å². The highest BCUT2D eigenvalue weighted by Crippen LogP contribution is 2.30. The molecule has 0 amide bonds. The Labute approximate surface area is 119 Å². The van der Waals surface area contributed by atoms with Gasteiger partial charge in [-0.05, 0) is 26.3 Å². The van der Waals surface area contributed by atoms with Gasteiger partial charge in [0, 0.05) is 12.0 Å². The van der Waals surface area contributed by atoms with Crippen LogP contribution in [0.3, 0.4) is 0 Å². The molecule has 1 aliphatic heterocycles. The van der Waals surface area contributed by atoms with Crippen molar-refractivity contribution < 1.29 is 14.3 Å². The first-order valence-corrected chi connectivity index (χ1v) is 6.99. The largest absolute Gasteiger partial charge is 0.481 e. The van der Waals surface area contributed by atoms with Gasteiger partial charge in [-0.25, -0.2) is 0 Å². The van der Waals surface area contributed by atoms with Crippen molar-refractivity contribution in [1.82, 2.24) is 15.1 Å². The molecule has 1 fully saturated rings. The first-order chi connectivity index (χ1) is 9.21. The molecule has 1 N–H and O–H groups in total. The lowest BCUT2D eigenvalue weighted by molar-refractivity contribution is -0.151. The summed E-state index contributed by atoms with van der Waals surface area (Å²) in [6, 6.07) is 0.